The molecule has 0 radical (unpaired) electrons. The summed E-state index contributed by atoms with van der Waals surface area (Å²) in [7, 11) is 0. The average Bonchev–Trinajstić information content (AvgIpc) is 2.42. The number of amides is 1. The Kier molecular flexibility index (Phi) is 7.31. The van der Waals surface area contributed by atoms with E-state index in [9.17, 15) is 4.79 Å². The van der Waals surface area contributed by atoms with Gasteiger partial charge < -0.3 is 10.6 Å². The van der Waals surface area contributed by atoms with Crippen LogP contribution in [0.15, 0.2) is 24.3 Å². The lowest BCUT2D eigenvalue weighted by Crippen LogP contribution is -2.31. The van der Waals surface area contributed by atoms with Crippen LogP contribution >= 0.6 is 0 Å². The maximum atomic E-state index is 11.6. The summed E-state index contributed by atoms with van der Waals surface area (Å²) in [6.45, 7) is 9.93. The fourth-order valence-electron chi connectivity index (χ4n) is 2.06. The van der Waals surface area contributed by atoms with Crippen molar-refractivity contribution in [2.75, 3.05) is 13.1 Å². The molecule has 1 rings (SSSR count). The van der Waals surface area contributed by atoms with Gasteiger partial charge in [0, 0.05) is 25.6 Å². The molecule has 0 aromatic heterocycles. The van der Waals surface area contributed by atoms with Crippen molar-refractivity contribution in [3.05, 3.63) is 35.4 Å². The summed E-state index contributed by atoms with van der Waals surface area (Å²) in [6.07, 6.45) is 1.56. The molecule has 0 bridgehead atoms. The first kappa shape index (κ1) is 16.7. The molecule has 112 valence electrons. The van der Waals surface area contributed by atoms with Crippen LogP contribution in [-0.2, 0) is 4.79 Å². The fraction of sp³-hybridized carbons (Fsp3) is 0.588. The molecule has 0 heterocycles. The van der Waals surface area contributed by atoms with Crippen molar-refractivity contribution in [2.24, 2.45) is 5.92 Å². The van der Waals surface area contributed by atoms with Crippen molar-refractivity contribution in [1.82, 2.24) is 10.6 Å². The third-order valence-electron chi connectivity index (χ3n) is 3.34. The number of aryl methyl sites for hydroxylation is 1. The van der Waals surface area contributed by atoms with E-state index in [0.29, 0.717) is 18.4 Å². The number of benzene rings is 1. The van der Waals surface area contributed by atoms with Gasteiger partial charge in [0.15, 0.2) is 0 Å². The zero-order valence-corrected chi connectivity index (χ0v) is 13.2. The molecule has 0 aliphatic carbocycles. The summed E-state index contributed by atoms with van der Waals surface area (Å²) in [5.74, 6) is 0.632. The Morgan fingerprint density at radius 2 is 1.85 bits per heavy atom. The van der Waals surface area contributed by atoms with Crippen molar-refractivity contribution in [3.8, 4) is 0 Å². The van der Waals surface area contributed by atoms with E-state index >= 15 is 0 Å². The van der Waals surface area contributed by atoms with E-state index in [0.717, 1.165) is 19.5 Å². The van der Waals surface area contributed by atoms with Crippen molar-refractivity contribution in [1.29, 1.82) is 0 Å². The van der Waals surface area contributed by atoms with Gasteiger partial charge in [-0.1, -0.05) is 50.6 Å². The summed E-state index contributed by atoms with van der Waals surface area (Å²) in [6, 6.07) is 8.92. The summed E-state index contributed by atoms with van der Waals surface area (Å²) in [4.78, 5) is 11.6. The third kappa shape index (κ3) is 6.20. The first-order valence-corrected chi connectivity index (χ1v) is 7.59. The lowest BCUT2D eigenvalue weighted by atomic mass is 10.0. The second kappa shape index (κ2) is 8.75. The maximum absolute atomic E-state index is 11.6. The van der Waals surface area contributed by atoms with Crippen molar-refractivity contribution in [3.63, 3.8) is 0 Å². The largest absolute Gasteiger partial charge is 0.356 e. The highest BCUT2D eigenvalue weighted by Gasteiger charge is 2.09. The van der Waals surface area contributed by atoms with E-state index in [1.165, 1.54) is 11.1 Å². The van der Waals surface area contributed by atoms with Gasteiger partial charge >= 0.3 is 0 Å². The van der Waals surface area contributed by atoms with Crippen LogP contribution in [0.2, 0.25) is 0 Å². The van der Waals surface area contributed by atoms with Crippen LogP contribution in [0.5, 0.6) is 0 Å². The SMILES string of the molecule is CCC(NCCC(=O)NCC(C)C)c1ccc(C)cc1. The van der Waals surface area contributed by atoms with E-state index in [4.69, 9.17) is 0 Å². The minimum absolute atomic E-state index is 0.130. The predicted octanol–water partition coefficient (Wildman–Crippen LogP) is 3.20. The van der Waals surface area contributed by atoms with Crippen LogP contribution in [0.1, 0.15) is 50.8 Å². The molecule has 1 aromatic rings. The molecule has 1 aromatic carbocycles. The van der Waals surface area contributed by atoms with Crippen LogP contribution in [0, 0.1) is 12.8 Å². The number of rotatable bonds is 8. The van der Waals surface area contributed by atoms with Gasteiger partial charge in [0.2, 0.25) is 5.91 Å². The van der Waals surface area contributed by atoms with Crippen molar-refractivity contribution < 1.29 is 4.79 Å². The smallest absolute Gasteiger partial charge is 0.221 e. The van der Waals surface area contributed by atoms with Crippen LogP contribution in [-0.4, -0.2) is 19.0 Å². The molecule has 20 heavy (non-hydrogen) atoms. The molecule has 0 saturated carbocycles. The van der Waals surface area contributed by atoms with E-state index in [2.05, 4.69) is 62.6 Å². The lowest BCUT2D eigenvalue weighted by molar-refractivity contribution is -0.121. The van der Waals surface area contributed by atoms with Crippen LogP contribution < -0.4 is 10.6 Å². The average molecular weight is 276 g/mol. The number of hydrogen-bond donors (Lipinski definition) is 2. The molecule has 0 spiro atoms. The van der Waals surface area contributed by atoms with E-state index in [1.54, 1.807) is 0 Å². The Hall–Kier alpha value is -1.35. The van der Waals surface area contributed by atoms with Gasteiger partial charge in [-0.15, -0.1) is 0 Å². The van der Waals surface area contributed by atoms with Crippen LogP contribution in [0.25, 0.3) is 0 Å². The topological polar surface area (TPSA) is 41.1 Å². The highest BCUT2D eigenvalue weighted by Crippen LogP contribution is 2.16. The molecular formula is C17H28N2O. The summed E-state index contributed by atoms with van der Waals surface area (Å²) in [5, 5.41) is 6.41. The summed E-state index contributed by atoms with van der Waals surface area (Å²) >= 11 is 0. The van der Waals surface area contributed by atoms with Crippen molar-refractivity contribution in [2.45, 2.75) is 46.6 Å². The predicted molar refractivity (Wildman–Crippen MR) is 84.7 cm³/mol. The van der Waals surface area contributed by atoms with Gasteiger partial charge in [-0.05, 0) is 24.8 Å². The minimum Gasteiger partial charge on any atom is -0.356 e. The quantitative estimate of drug-likeness (QED) is 0.765. The van der Waals surface area contributed by atoms with Gasteiger partial charge in [-0.2, -0.15) is 0 Å². The standard InChI is InChI=1S/C17H28N2O/c1-5-16(15-8-6-14(4)7-9-15)18-11-10-17(20)19-12-13(2)3/h6-9,13,16,18H,5,10-12H2,1-4H3,(H,19,20). The molecule has 0 fully saturated rings. The molecule has 1 amide bonds. The van der Waals surface area contributed by atoms with Crippen LogP contribution in [0.4, 0.5) is 0 Å². The Morgan fingerprint density at radius 3 is 2.40 bits per heavy atom. The third-order valence-corrected chi connectivity index (χ3v) is 3.34. The molecule has 0 aliphatic rings. The second-order valence-corrected chi connectivity index (χ2v) is 5.77. The molecule has 1 atom stereocenters. The summed E-state index contributed by atoms with van der Waals surface area (Å²) in [5.41, 5.74) is 2.57. The number of carbonyl (C=O) groups is 1. The molecule has 0 saturated heterocycles. The highest BCUT2D eigenvalue weighted by molar-refractivity contribution is 5.76. The van der Waals surface area contributed by atoms with Gasteiger partial charge in [0.25, 0.3) is 0 Å². The molecule has 0 aliphatic heterocycles. The summed E-state index contributed by atoms with van der Waals surface area (Å²) < 4.78 is 0. The number of nitrogens with one attached hydrogen (secondary N) is 2. The van der Waals surface area contributed by atoms with E-state index < -0.39 is 0 Å². The minimum atomic E-state index is 0.130. The van der Waals surface area contributed by atoms with Gasteiger partial charge in [-0.3, -0.25) is 4.79 Å². The fourth-order valence-corrected chi connectivity index (χ4v) is 2.06. The Labute approximate surface area is 123 Å². The highest BCUT2D eigenvalue weighted by atomic mass is 16.1. The Morgan fingerprint density at radius 1 is 1.20 bits per heavy atom. The molecule has 2 N–H and O–H groups in total. The Balaban J connectivity index is 2.35. The number of hydrogen-bond acceptors (Lipinski definition) is 2. The second-order valence-electron chi connectivity index (χ2n) is 5.77. The molecule has 3 nitrogen and oxygen atoms in total. The van der Waals surface area contributed by atoms with Gasteiger partial charge in [-0.25, -0.2) is 0 Å². The maximum Gasteiger partial charge on any atom is 0.221 e. The molecular weight excluding hydrogens is 248 g/mol. The Bertz CT molecular complexity index is 398. The molecule has 1 unspecified atom stereocenters. The first-order chi connectivity index (χ1) is 9.52. The van der Waals surface area contributed by atoms with Gasteiger partial charge in [0.05, 0.1) is 0 Å². The molecule has 3 heteroatoms. The first-order valence-electron chi connectivity index (χ1n) is 7.59. The lowest BCUT2D eigenvalue weighted by Gasteiger charge is -2.17. The number of carbonyl (C=O) groups excluding carboxylic acids is 1. The van der Waals surface area contributed by atoms with Crippen LogP contribution in [0.3, 0.4) is 0 Å². The monoisotopic (exact) mass is 276 g/mol. The van der Waals surface area contributed by atoms with E-state index in [1.807, 2.05) is 0 Å². The zero-order valence-electron chi connectivity index (χ0n) is 13.2. The van der Waals surface area contributed by atoms with Gasteiger partial charge in [0.1, 0.15) is 0 Å². The van der Waals surface area contributed by atoms with Crippen molar-refractivity contribution >= 4 is 5.91 Å². The normalized spacial score (nSPS) is 12.4. The zero-order chi connectivity index (χ0) is 15.0. The van der Waals surface area contributed by atoms with E-state index in [-0.39, 0.29) is 5.91 Å².